The van der Waals surface area contributed by atoms with E-state index in [1.165, 1.54) is 6.08 Å². The van der Waals surface area contributed by atoms with Gasteiger partial charge in [0.1, 0.15) is 0 Å². The van der Waals surface area contributed by atoms with Crippen molar-refractivity contribution in [3.8, 4) is 11.8 Å². The molecule has 0 aliphatic rings. The molecular formula is C18H14O2. The van der Waals surface area contributed by atoms with Crippen molar-refractivity contribution in [2.45, 2.75) is 0 Å². The van der Waals surface area contributed by atoms with Gasteiger partial charge in [-0.1, -0.05) is 60.4 Å². The number of hydrogen-bond acceptors (Lipinski definition) is 2. The standard InChI is InChI=1S/C18H14O2/c19-18(14-13-17-10-5-2-6-11-17)20-15-7-12-16-8-3-1-4-9-16/h1-6,8-11,13-14H,15H2. The molecule has 0 N–H and O–H groups in total. The van der Waals surface area contributed by atoms with Crippen LogP contribution in [0.4, 0.5) is 0 Å². The molecule has 0 bridgehead atoms. The van der Waals surface area contributed by atoms with Crippen LogP contribution >= 0.6 is 0 Å². The lowest BCUT2D eigenvalue weighted by Gasteiger charge is -1.95. The Morgan fingerprint density at radius 2 is 1.65 bits per heavy atom. The van der Waals surface area contributed by atoms with Gasteiger partial charge in [0.15, 0.2) is 6.61 Å². The van der Waals surface area contributed by atoms with Crippen LogP contribution in [0, 0.1) is 11.8 Å². The number of carbonyl (C=O) groups is 1. The number of rotatable bonds is 3. The highest BCUT2D eigenvalue weighted by Gasteiger charge is 1.94. The molecule has 98 valence electrons. The van der Waals surface area contributed by atoms with Crippen LogP contribution in [0.5, 0.6) is 0 Å². The molecular weight excluding hydrogens is 248 g/mol. The quantitative estimate of drug-likeness (QED) is 0.482. The van der Waals surface area contributed by atoms with Crippen LogP contribution < -0.4 is 0 Å². The van der Waals surface area contributed by atoms with Gasteiger partial charge >= 0.3 is 5.97 Å². The molecule has 0 radical (unpaired) electrons. The summed E-state index contributed by atoms with van der Waals surface area (Å²) in [6, 6.07) is 19.2. The van der Waals surface area contributed by atoms with Crippen molar-refractivity contribution in [2.24, 2.45) is 0 Å². The largest absolute Gasteiger partial charge is 0.449 e. The molecule has 2 aromatic rings. The Kier molecular flexibility index (Phi) is 5.18. The van der Waals surface area contributed by atoms with Crippen LogP contribution in [0.3, 0.4) is 0 Å². The lowest BCUT2D eigenvalue weighted by Crippen LogP contribution is -2.00. The molecule has 0 saturated heterocycles. The van der Waals surface area contributed by atoms with Gasteiger partial charge in [0.25, 0.3) is 0 Å². The van der Waals surface area contributed by atoms with Gasteiger partial charge < -0.3 is 4.74 Å². The van der Waals surface area contributed by atoms with Crippen molar-refractivity contribution in [2.75, 3.05) is 6.61 Å². The number of carbonyl (C=O) groups excluding carboxylic acids is 1. The lowest BCUT2D eigenvalue weighted by atomic mass is 10.2. The molecule has 2 heteroatoms. The first-order valence-electron chi connectivity index (χ1n) is 6.28. The molecule has 0 unspecified atom stereocenters. The molecule has 0 fully saturated rings. The minimum absolute atomic E-state index is 0.0901. The molecule has 0 heterocycles. The summed E-state index contributed by atoms with van der Waals surface area (Å²) < 4.78 is 4.99. The molecule has 2 aromatic carbocycles. The van der Waals surface area contributed by atoms with E-state index in [0.29, 0.717) is 0 Å². The average Bonchev–Trinajstić information content (AvgIpc) is 2.52. The molecule has 0 aliphatic heterocycles. The normalized spacial score (nSPS) is 9.80. The van der Waals surface area contributed by atoms with Crippen LogP contribution in [0.2, 0.25) is 0 Å². The number of esters is 1. The number of benzene rings is 2. The van der Waals surface area contributed by atoms with Gasteiger partial charge in [-0.2, -0.15) is 0 Å². The fourth-order valence-electron chi connectivity index (χ4n) is 1.54. The van der Waals surface area contributed by atoms with Crippen LogP contribution in [0.25, 0.3) is 6.08 Å². The first kappa shape index (κ1) is 13.6. The Morgan fingerprint density at radius 3 is 2.35 bits per heavy atom. The van der Waals surface area contributed by atoms with Crippen molar-refractivity contribution in [1.29, 1.82) is 0 Å². The highest BCUT2D eigenvalue weighted by Crippen LogP contribution is 2.01. The van der Waals surface area contributed by atoms with Crippen LogP contribution in [-0.2, 0) is 9.53 Å². The predicted molar refractivity (Wildman–Crippen MR) is 79.8 cm³/mol. The zero-order chi connectivity index (χ0) is 14.0. The van der Waals surface area contributed by atoms with Crippen molar-refractivity contribution in [1.82, 2.24) is 0 Å². The molecule has 0 spiro atoms. The summed E-state index contributed by atoms with van der Waals surface area (Å²) in [6.45, 7) is 0.0901. The Labute approximate surface area is 118 Å². The van der Waals surface area contributed by atoms with E-state index in [4.69, 9.17) is 4.74 Å². The van der Waals surface area contributed by atoms with Crippen molar-refractivity contribution < 1.29 is 9.53 Å². The van der Waals surface area contributed by atoms with E-state index in [-0.39, 0.29) is 6.61 Å². The maximum atomic E-state index is 11.5. The molecule has 0 atom stereocenters. The monoisotopic (exact) mass is 262 g/mol. The van der Waals surface area contributed by atoms with E-state index in [1.807, 2.05) is 60.7 Å². The van der Waals surface area contributed by atoms with E-state index >= 15 is 0 Å². The van der Waals surface area contributed by atoms with E-state index < -0.39 is 5.97 Å². The third-order valence-electron chi connectivity index (χ3n) is 2.50. The third-order valence-corrected chi connectivity index (χ3v) is 2.50. The summed E-state index contributed by atoms with van der Waals surface area (Å²) in [5.74, 6) is 5.33. The first-order chi connectivity index (χ1) is 9.84. The van der Waals surface area contributed by atoms with Gasteiger partial charge in [0, 0.05) is 11.6 Å². The summed E-state index contributed by atoms with van der Waals surface area (Å²) in [5, 5.41) is 0. The zero-order valence-electron chi connectivity index (χ0n) is 11.0. The van der Waals surface area contributed by atoms with Gasteiger partial charge in [-0.3, -0.25) is 0 Å². The number of ether oxygens (including phenoxy) is 1. The average molecular weight is 262 g/mol. The van der Waals surface area contributed by atoms with Crippen molar-refractivity contribution >= 4 is 12.0 Å². The Morgan fingerprint density at radius 1 is 1.00 bits per heavy atom. The lowest BCUT2D eigenvalue weighted by molar-refractivity contribution is -0.136. The van der Waals surface area contributed by atoms with Gasteiger partial charge in [-0.05, 0) is 23.8 Å². The predicted octanol–water partition coefficient (Wildman–Crippen LogP) is 3.29. The van der Waals surface area contributed by atoms with Crippen molar-refractivity contribution in [3.63, 3.8) is 0 Å². The van der Waals surface area contributed by atoms with E-state index in [1.54, 1.807) is 6.08 Å². The fraction of sp³-hybridized carbons (Fsp3) is 0.0556. The Hall–Kier alpha value is -2.79. The van der Waals surface area contributed by atoms with Crippen LogP contribution in [0.1, 0.15) is 11.1 Å². The third kappa shape index (κ3) is 4.83. The first-order valence-corrected chi connectivity index (χ1v) is 6.28. The van der Waals surface area contributed by atoms with Crippen molar-refractivity contribution in [3.05, 3.63) is 77.9 Å². The van der Waals surface area contributed by atoms with Crippen LogP contribution in [0.15, 0.2) is 66.7 Å². The summed E-state index contributed by atoms with van der Waals surface area (Å²) >= 11 is 0. The smallest absolute Gasteiger partial charge is 0.331 e. The van der Waals surface area contributed by atoms with E-state index in [0.717, 1.165) is 11.1 Å². The zero-order valence-corrected chi connectivity index (χ0v) is 11.0. The summed E-state index contributed by atoms with van der Waals surface area (Å²) in [6.07, 6.45) is 3.12. The highest BCUT2D eigenvalue weighted by molar-refractivity contribution is 5.87. The maximum Gasteiger partial charge on any atom is 0.331 e. The minimum Gasteiger partial charge on any atom is -0.449 e. The topological polar surface area (TPSA) is 26.3 Å². The molecule has 0 saturated carbocycles. The second-order valence-electron chi connectivity index (χ2n) is 4.02. The summed E-state index contributed by atoms with van der Waals surface area (Å²) in [5.41, 5.74) is 1.86. The second-order valence-corrected chi connectivity index (χ2v) is 4.02. The minimum atomic E-state index is -0.392. The molecule has 2 rings (SSSR count). The van der Waals surface area contributed by atoms with Gasteiger partial charge in [-0.25, -0.2) is 4.79 Å². The van der Waals surface area contributed by atoms with Gasteiger partial charge in [0.2, 0.25) is 0 Å². The summed E-state index contributed by atoms with van der Waals surface area (Å²) in [7, 11) is 0. The Balaban J connectivity index is 1.79. The fourth-order valence-corrected chi connectivity index (χ4v) is 1.54. The molecule has 0 aliphatic carbocycles. The van der Waals surface area contributed by atoms with Crippen LogP contribution in [-0.4, -0.2) is 12.6 Å². The van der Waals surface area contributed by atoms with E-state index in [2.05, 4.69) is 11.8 Å². The maximum absolute atomic E-state index is 11.5. The Bertz CT molecular complexity index is 631. The van der Waals surface area contributed by atoms with Gasteiger partial charge in [-0.15, -0.1) is 0 Å². The van der Waals surface area contributed by atoms with Gasteiger partial charge in [0.05, 0.1) is 0 Å². The molecule has 2 nitrogen and oxygen atoms in total. The SMILES string of the molecule is O=C(C=Cc1ccccc1)OCC#Cc1ccccc1. The molecule has 0 aromatic heterocycles. The molecule has 0 amide bonds. The van der Waals surface area contributed by atoms with E-state index in [9.17, 15) is 4.79 Å². The second kappa shape index (κ2) is 7.60. The highest BCUT2D eigenvalue weighted by atomic mass is 16.5. The summed E-state index contributed by atoms with van der Waals surface area (Å²) in [4.78, 5) is 11.5. The number of hydrogen-bond donors (Lipinski definition) is 0. The molecule has 20 heavy (non-hydrogen) atoms.